The lowest BCUT2D eigenvalue weighted by atomic mass is 10.1. The number of aromatic nitrogens is 2. The summed E-state index contributed by atoms with van der Waals surface area (Å²) < 4.78 is 0. The van der Waals surface area contributed by atoms with E-state index in [2.05, 4.69) is 14.9 Å². The average molecular weight is 294 g/mol. The van der Waals surface area contributed by atoms with Gasteiger partial charge in [-0.3, -0.25) is 4.79 Å². The van der Waals surface area contributed by atoms with Gasteiger partial charge in [0, 0.05) is 31.0 Å². The van der Waals surface area contributed by atoms with Crippen LogP contribution in [0.2, 0.25) is 0 Å². The van der Waals surface area contributed by atoms with Crippen molar-refractivity contribution in [1.82, 2.24) is 14.9 Å². The Kier molecular flexibility index (Phi) is 3.25. The molecular weight excluding hydrogens is 276 g/mol. The van der Waals surface area contributed by atoms with Crippen LogP contribution in [0, 0.1) is 0 Å². The summed E-state index contributed by atoms with van der Waals surface area (Å²) in [5.41, 5.74) is 0.776. The predicted molar refractivity (Wildman–Crippen MR) is 83.7 cm³/mol. The molecule has 22 heavy (non-hydrogen) atoms. The highest BCUT2D eigenvalue weighted by Gasteiger charge is 2.45. The summed E-state index contributed by atoms with van der Waals surface area (Å²) in [5.74, 6) is 0.924. The summed E-state index contributed by atoms with van der Waals surface area (Å²) in [6.07, 6.45) is 5.53. The molecular formula is C17H18N4O. The first-order chi connectivity index (χ1) is 10.8. The quantitative estimate of drug-likeness (QED) is 0.849. The third-order valence-corrected chi connectivity index (χ3v) is 4.67. The van der Waals surface area contributed by atoms with Crippen LogP contribution in [0.1, 0.15) is 23.2 Å². The second-order valence-electron chi connectivity index (χ2n) is 5.82. The highest BCUT2D eigenvalue weighted by Crippen LogP contribution is 2.34. The SMILES string of the molecule is O=C(c1ccccc1)N1CC[C@H]2[C@H]1CCN2c1ncccn1. The molecule has 0 N–H and O–H groups in total. The zero-order valence-corrected chi connectivity index (χ0v) is 12.3. The lowest BCUT2D eigenvalue weighted by Gasteiger charge is -2.25. The monoisotopic (exact) mass is 294 g/mol. The van der Waals surface area contributed by atoms with Gasteiger partial charge in [-0.2, -0.15) is 0 Å². The Balaban J connectivity index is 1.55. The number of carbonyl (C=O) groups excluding carboxylic acids is 1. The molecule has 0 unspecified atom stereocenters. The summed E-state index contributed by atoms with van der Waals surface area (Å²) in [6.45, 7) is 1.73. The van der Waals surface area contributed by atoms with Gasteiger partial charge in [0.25, 0.3) is 5.91 Å². The van der Waals surface area contributed by atoms with Gasteiger partial charge in [-0.15, -0.1) is 0 Å². The number of carbonyl (C=O) groups is 1. The molecule has 2 aliphatic heterocycles. The number of fused-ring (bicyclic) bond motifs is 1. The van der Waals surface area contributed by atoms with Crippen molar-refractivity contribution in [2.45, 2.75) is 24.9 Å². The standard InChI is InChI=1S/C17H18N4O/c22-16(13-5-2-1-3-6-13)20-11-7-15-14(20)8-12-21(15)17-18-9-4-10-19-17/h1-6,9-10,14-15H,7-8,11-12H2/t14-,15+/m1/s1. The molecule has 2 saturated heterocycles. The fourth-order valence-electron chi connectivity index (χ4n) is 3.67. The van der Waals surface area contributed by atoms with Crippen molar-refractivity contribution in [3.05, 3.63) is 54.4 Å². The number of likely N-dealkylation sites (tertiary alicyclic amines) is 1. The fraction of sp³-hybridized carbons (Fsp3) is 0.353. The second kappa shape index (κ2) is 5.40. The van der Waals surface area contributed by atoms with Crippen LogP contribution in [0.3, 0.4) is 0 Å². The third kappa shape index (κ3) is 2.13. The Hall–Kier alpha value is -2.43. The van der Waals surface area contributed by atoms with Crippen molar-refractivity contribution in [1.29, 1.82) is 0 Å². The first-order valence-electron chi connectivity index (χ1n) is 7.74. The fourth-order valence-corrected chi connectivity index (χ4v) is 3.67. The van der Waals surface area contributed by atoms with Crippen LogP contribution < -0.4 is 4.90 Å². The molecule has 4 rings (SSSR count). The van der Waals surface area contributed by atoms with Crippen molar-refractivity contribution >= 4 is 11.9 Å². The zero-order valence-electron chi connectivity index (χ0n) is 12.3. The van der Waals surface area contributed by atoms with E-state index in [4.69, 9.17) is 0 Å². The van der Waals surface area contributed by atoms with Gasteiger partial charge in [0.1, 0.15) is 0 Å². The molecule has 0 spiro atoms. The van der Waals surface area contributed by atoms with E-state index >= 15 is 0 Å². The summed E-state index contributed by atoms with van der Waals surface area (Å²) in [5, 5.41) is 0. The lowest BCUT2D eigenvalue weighted by molar-refractivity contribution is 0.0737. The summed E-state index contributed by atoms with van der Waals surface area (Å²) in [7, 11) is 0. The van der Waals surface area contributed by atoms with E-state index in [1.807, 2.05) is 41.3 Å². The third-order valence-electron chi connectivity index (χ3n) is 4.67. The molecule has 112 valence electrons. The molecule has 1 amide bonds. The van der Waals surface area contributed by atoms with E-state index in [1.165, 1.54) is 0 Å². The minimum absolute atomic E-state index is 0.143. The minimum atomic E-state index is 0.143. The van der Waals surface area contributed by atoms with Gasteiger partial charge in [0.15, 0.2) is 0 Å². The van der Waals surface area contributed by atoms with Gasteiger partial charge < -0.3 is 9.80 Å². The maximum Gasteiger partial charge on any atom is 0.254 e. The Labute approximate surface area is 129 Å². The number of anilines is 1. The molecule has 0 bridgehead atoms. The number of amides is 1. The van der Waals surface area contributed by atoms with Gasteiger partial charge in [0.2, 0.25) is 5.95 Å². The Morgan fingerprint density at radius 2 is 1.68 bits per heavy atom. The summed E-state index contributed by atoms with van der Waals surface area (Å²) in [4.78, 5) is 25.7. The minimum Gasteiger partial charge on any atom is -0.336 e. The number of hydrogen-bond donors (Lipinski definition) is 0. The number of benzene rings is 1. The Bertz CT molecular complexity index is 661. The normalized spacial score (nSPS) is 23.6. The molecule has 0 saturated carbocycles. The van der Waals surface area contributed by atoms with Crippen LogP contribution >= 0.6 is 0 Å². The van der Waals surface area contributed by atoms with Gasteiger partial charge in [-0.05, 0) is 31.0 Å². The first kappa shape index (κ1) is 13.2. The molecule has 5 heteroatoms. The molecule has 1 aromatic carbocycles. The van der Waals surface area contributed by atoms with Crippen molar-refractivity contribution < 1.29 is 4.79 Å². The van der Waals surface area contributed by atoms with Crippen molar-refractivity contribution in [3.8, 4) is 0 Å². The van der Waals surface area contributed by atoms with Gasteiger partial charge >= 0.3 is 0 Å². The van der Waals surface area contributed by atoms with E-state index in [9.17, 15) is 4.79 Å². The first-order valence-corrected chi connectivity index (χ1v) is 7.74. The largest absolute Gasteiger partial charge is 0.336 e. The van der Waals surface area contributed by atoms with E-state index in [1.54, 1.807) is 12.4 Å². The molecule has 2 aliphatic rings. The molecule has 1 aromatic heterocycles. The zero-order chi connectivity index (χ0) is 14.9. The molecule has 2 aromatic rings. The van der Waals surface area contributed by atoms with Crippen LogP contribution in [0.4, 0.5) is 5.95 Å². The van der Waals surface area contributed by atoms with Crippen LogP contribution in [-0.2, 0) is 0 Å². The molecule has 2 fully saturated rings. The van der Waals surface area contributed by atoms with E-state index in [0.717, 1.165) is 37.4 Å². The average Bonchev–Trinajstić information content (AvgIpc) is 3.17. The Morgan fingerprint density at radius 3 is 2.45 bits per heavy atom. The predicted octanol–water partition coefficient (Wildman–Crippen LogP) is 1.97. The molecule has 3 heterocycles. The van der Waals surface area contributed by atoms with Gasteiger partial charge in [-0.25, -0.2) is 9.97 Å². The van der Waals surface area contributed by atoms with Crippen LogP contribution in [-0.4, -0.2) is 45.9 Å². The van der Waals surface area contributed by atoms with Crippen LogP contribution in [0.25, 0.3) is 0 Å². The molecule has 5 nitrogen and oxygen atoms in total. The van der Waals surface area contributed by atoms with Crippen LogP contribution in [0.5, 0.6) is 0 Å². The summed E-state index contributed by atoms with van der Waals surface area (Å²) in [6, 6.07) is 12.0. The maximum absolute atomic E-state index is 12.7. The number of nitrogens with zero attached hydrogens (tertiary/aromatic N) is 4. The van der Waals surface area contributed by atoms with Crippen molar-refractivity contribution in [2.75, 3.05) is 18.0 Å². The Morgan fingerprint density at radius 1 is 0.955 bits per heavy atom. The van der Waals surface area contributed by atoms with E-state index in [-0.39, 0.29) is 11.9 Å². The summed E-state index contributed by atoms with van der Waals surface area (Å²) >= 11 is 0. The van der Waals surface area contributed by atoms with E-state index < -0.39 is 0 Å². The molecule has 0 aliphatic carbocycles. The van der Waals surface area contributed by atoms with E-state index in [0.29, 0.717) is 6.04 Å². The van der Waals surface area contributed by atoms with Crippen molar-refractivity contribution in [2.24, 2.45) is 0 Å². The van der Waals surface area contributed by atoms with Gasteiger partial charge in [0.05, 0.1) is 12.1 Å². The highest BCUT2D eigenvalue weighted by atomic mass is 16.2. The second-order valence-corrected chi connectivity index (χ2v) is 5.82. The maximum atomic E-state index is 12.7. The number of rotatable bonds is 2. The number of hydrogen-bond acceptors (Lipinski definition) is 4. The van der Waals surface area contributed by atoms with Crippen LogP contribution in [0.15, 0.2) is 48.8 Å². The lowest BCUT2D eigenvalue weighted by Crippen LogP contribution is -2.40. The molecule has 2 atom stereocenters. The highest BCUT2D eigenvalue weighted by molar-refractivity contribution is 5.94. The molecule has 0 radical (unpaired) electrons. The van der Waals surface area contributed by atoms with Crippen molar-refractivity contribution in [3.63, 3.8) is 0 Å². The van der Waals surface area contributed by atoms with Gasteiger partial charge in [-0.1, -0.05) is 18.2 Å². The smallest absolute Gasteiger partial charge is 0.254 e. The topological polar surface area (TPSA) is 49.3 Å².